The van der Waals surface area contributed by atoms with Crippen LogP contribution in [-0.4, -0.2) is 16.1 Å². The first-order valence-electron chi connectivity index (χ1n) is 5.72. The van der Waals surface area contributed by atoms with Gasteiger partial charge in [-0.05, 0) is 13.3 Å². The van der Waals surface area contributed by atoms with Crippen molar-refractivity contribution in [1.82, 2.24) is 9.55 Å². The number of anilines is 1. The summed E-state index contributed by atoms with van der Waals surface area (Å²) in [6, 6.07) is 10.4. The minimum absolute atomic E-state index is 1.02. The molecule has 1 aliphatic heterocycles. The van der Waals surface area contributed by atoms with Crippen molar-refractivity contribution in [3.8, 4) is 11.3 Å². The Hall–Kier alpha value is -1.77. The van der Waals surface area contributed by atoms with E-state index in [1.54, 1.807) is 0 Å². The summed E-state index contributed by atoms with van der Waals surface area (Å²) < 4.78 is 2.27. The highest BCUT2D eigenvalue weighted by atomic mass is 15.2. The number of aromatic nitrogens is 2. The number of nitrogens with zero attached hydrogens (tertiary/aromatic N) is 2. The molecular weight excluding hydrogens is 198 g/mol. The van der Waals surface area contributed by atoms with Gasteiger partial charge in [-0.15, -0.1) is 0 Å². The molecule has 1 aromatic heterocycles. The first-order chi connectivity index (χ1) is 7.86. The fourth-order valence-electron chi connectivity index (χ4n) is 2.25. The van der Waals surface area contributed by atoms with Gasteiger partial charge in [0.1, 0.15) is 0 Å². The maximum atomic E-state index is 4.67. The van der Waals surface area contributed by atoms with Crippen molar-refractivity contribution in [1.29, 1.82) is 0 Å². The van der Waals surface area contributed by atoms with Crippen molar-refractivity contribution >= 4 is 5.95 Å². The fourth-order valence-corrected chi connectivity index (χ4v) is 2.25. The second-order valence-electron chi connectivity index (χ2n) is 4.17. The molecule has 82 valence electrons. The quantitative estimate of drug-likeness (QED) is 0.789. The highest BCUT2D eigenvalue weighted by molar-refractivity contribution is 5.64. The van der Waals surface area contributed by atoms with E-state index in [0.717, 1.165) is 24.7 Å². The zero-order chi connectivity index (χ0) is 11.0. The van der Waals surface area contributed by atoms with Crippen molar-refractivity contribution < 1.29 is 0 Å². The number of imidazole rings is 1. The molecule has 0 saturated carbocycles. The summed E-state index contributed by atoms with van der Waals surface area (Å²) in [5, 5.41) is 3.35. The summed E-state index contributed by atoms with van der Waals surface area (Å²) in [6.45, 7) is 4.25. The van der Waals surface area contributed by atoms with Gasteiger partial charge in [0.2, 0.25) is 5.95 Å². The lowest BCUT2D eigenvalue weighted by atomic mass is 10.1. The molecule has 0 amide bonds. The van der Waals surface area contributed by atoms with Crippen molar-refractivity contribution in [2.24, 2.45) is 0 Å². The van der Waals surface area contributed by atoms with Gasteiger partial charge >= 0.3 is 0 Å². The van der Waals surface area contributed by atoms with Crippen molar-refractivity contribution in [2.45, 2.75) is 19.9 Å². The number of hydrogen-bond acceptors (Lipinski definition) is 2. The monoisotopic (exact) mass is 213 g/mol. The van der Waals surface area contributed by atoms with Gasteiger partial charge in [-0.2, -0.15) is 0 Å². The van der Waals surface area contributed by atoms with Crippen LogP contribution in [0.3, 0.4) is 0 Å². The molecule has 0 unspecified atom stereocenters. The Balaban J connectivity index is 2.12. The number of rotatable bonds is 1. The third-order valence-electron chi connectivity index (χ3n) is 3.11. The summed E-state index contributed by atoms with van der Waals surface area (Å²) in [6.07, 6.45) is 1.18. The van der Waals surface area contributed by atoms with Crippen LogP contribution >= 0.6 is 0 Å². The van der Waals surface area contributed by atoms with Gasteiger partial charge in [0, 0.05) is 24.3 Å². The van der Waals surface area contributed by atoms with E-state index >= 15 is 0 Å². The van der Waals surface area contributed by atoms with Crippen LogP contribution < -0.4 is 5.32 Å². The highest BCUT2D eigenvalue weighted by Crippen LogP contribution is 2.27. The largest absolute Gasteiger partial charge is 0.356 e. The van der Waals surface area contributed by atoms with Gasteiger partial charge < -0.3 is 9.88 Å². The minimum Gasteiger partial charge on any atom is -0.356 e. The molecule has 1 N–H and O–H groups in total. The molecule has 3 rings (SSSR count). The molecule has 0 radical (unpaired) electrons. The average molecular weight is 213 g/mol. The van der Waals surface area contributed by atoms with E-state index < -0.39 is 0 Å². The number of nitrogens with one attached hydrogen (secondary N) is 1. The van der Waals surface area contributed by atoms with Gasteiger partial charge in [-0.3, -0.25) is 0 Å². The van der Waals surface area contributed by atoms with Crippen LogP contribution in [0.1, 0.15) is 12.1 Å². The Morgan fingerprint density at radius 1 is 1.25 bits per heavy atom. The van der Waals surface area contributed by atoms with E-state index in [4.69, 9.17) is 0 Å². The maximum Gasteiger partial charge on any atom is 0.203 e. The predicted octanol–water partition coefficient (Wildman–Crippen LogP) is 2.67. The topological polar surface area (TPSA) is 29.9 Å². The van der Waals surface area contributed by atoms with Gasteiger partial charge in [0.15, 0.2) is 0 Å². The second kappa shape index (κ2) is 3.67. The predicted molar refractivity (Wildman–Crippen MR) is 65.5 cm³/mol. The molecule has 0 atom stereocenters. The second-order valence-corrected chi connectivity index (χ2v) is 4.17. The van der Waals surface area contributed by atoms with Crippen molar-refractivity contribution in [2.75, 3.05) is 11.9 Å². The molecule has 2 aromatic rings. The van der Waals surface area contributed by atoms with Crippen LogP contribution in [0.2, 0.25) is 0 Å². The zero-order valence-corrected chi connectivity index (χ0v) is 9.40. The third-order valence-corrected chi connectivity index (χ3v) is 3.11. The molecule has 0 fully saturated rings. The first-order valence-corrected chi connectivity index (χ1v) is 5.72. The maximum absolute atomic E-state index is 4.67. The summed E-state index contributed by atoms with van der Waals surface area (Å²) in [5.74, 6) is 1.02. The lowest BCUT2D eigenvalue weighted by Crippen LogP contribution is -2.17. The fraction of sp³-hybridized carbons (Fsp3) is 0.308. The zero-order valence-electron chi connectivity index (χ0n) is 9.40. The van der Waals surface area contributed by atoms with Gasteiger partial charge in [0.25, 0.3) is 0 Å². The Bertz CT molecular complexity index is 499. The van der Waals surface area contributed by atoms with E-state index in [-0.39, 0.29) is 0 Å². The molecule has 0 saturated heterocycles. The normalized spacial score (nSPS) is 14.3. The van der Waals surface area contributed by atoms with Crippen molar-refractivity contribution in [3.05, 3.63) is 36.0 Å². The SMILES string of the molecule is Cc1c(-c2ccccc2)nc2n1CCCN2. The minimum atomic E-state index is 1.02. The van der Waals surface area contributed by atoms with Crippen LogP contribution in [0.5, 0.6) is 0 Å². The van der Waals surface area contributed by atoms with E-state index in [2.05, 4.69) is 46.1 Å². The molecule has 0 spiro atoms. The highest BCUT2D eigenvalue weighted by Gasteiger charge is 2.16. The van der Waals surface area contributed by atoms with Crippen molar-refractivity contribution in [3.63, 3.8) is 0 Å². The van der Waals surface area contributed by atoms with Crippen LogP contribution in [-0.2, 0) is 6.54 Å². The molecule has 0 bridgehead atoms. The molecular formula is C13H15N3. The van der Waals surface area contributed by atoms with E-state index in [0.29, 0.717) is 0 Å². The number of hydrogen-bond donors (Lipinski definition) is 1. The third kappa shape index (κ3) is 1.40. The molecule has 0 aliphatic carbocycles. The molecule has 3 heteroatoms. The van der Waals surface area contributed by atoms with E-state index in [1.807, 2.05) is 6.07 Å². The number of fused-ring (bicyclic) bond motifs is 1. The lowest BCUT2D eigenvalue weighted by molar-refractivity contribution is 0.615. The summed E-state index contributed by atoms with van der Waals surface area (Å²) in [7, 11) is 0. The average Bonchev–Trinajstić information content (AvgIpc) is 2.69. The van der Waals surface area contributed by atoms with E-state index in [1.165, 1.54) is 17.7 Å². The summed E-state index contributed by atoms with van der Waals surface area (Å²) >= 11 is 0. The molecule has 2 heterocycles. The van der Waals surface area contributed by atoms with Crippen LogP contribution in [0.15, 0.2) is 30.3 Å². The number of benzene rings is 1. The Kier molecular flexibility index (Phi) is 2.17. The van der Waals surface area contributed by atoms with Crippen LogP contribution in [0, 0.1) is 6.92 Å². The van der Waals surface area contributed by atoms with Gasteiger partial charge in [-0.1, -0.05) is 30.3 Å². The smallest absolute Gasteiger partial charge is 0.203 e. The van der Waals surface area contributed by atoms with Gasteiger partial charge in [0.05, 0.1) is 5.69 Å². The summed E-state index contributed by atoms with van der Waals surface area (Å²) in [5.41, 5.74) is 3.56. The van der Waals surface area contributed by atoms with Crippen LogP contribution in [0.4, 0.5) is 5.95 Å². The Morgan fingerprint density at radius 3 is 2.81 bits per heavy atom. The molecule has 1 aliphatic rings. The first kappa shape index (κ1) is 9.46. The standard InChI is InChI=1S/C13H15N3/c1-10-12(11-6-3-2-4-7-11)15-13-14-8-5-9-16(10)13/h2-4,6-7H,5,8-9H2,1H3,(H,14,15). The summed E-state index contributed by atoms with van der Waals surface area (Å²) in [4.78, 5) is 4.67. The molecule has 3 nitrogen and oxygen atoms in total. The molecule has 1 aromatic carbocycles. The van der Waals surface area contributed by atoms with Crippen LogP contribution in [0.25, 0.3) is 11.3 Å². The van der Waals surface area contributed by atoms with E-state index in [9.17, 15) is 0 Å². The lowest BCUT2D eigenvalue weighted by Gasteiger charge is -2.16. The molecule has 16 heavy (non-hydrogen) atoms. The Labute approximate surface area is 95.1 Å². The van der Waals surface area contributed by atoms with Gasteiger partial charge in [-0.25, -0.2) is 4.98 Å². The Morgan fingerprint density at radius 2 is 2.06 bits per heavy atom.